The molecule has 10 rings (SSSR count). The number of rotatable bonds is 3. The van der Waals surface area contributed by atoms with Crippen molar-refractivity contribution in [1.82, 2.24) is 14.5 Å². The highest BCUT2D eigenvalue weighted by Gasteiger charge is 2.19. The molecule has 0 bridgehead atoms. The molecular formula is C40H23N3O2. The predicted molar refractivity (Wildman–Crippen MR) is 182 cm³/mol. The fourth-order valence-corrected chi connectivity index (χ4v) is 6.88. The van der Waals surface area contributed by atoms with Gasteiger partial charge in [-0.15, -0.1) is 0 Å². The molecule has 0 saturated carbocycles. The third-order valence-corrected chi connectivity index (χ3v) is 8.92. The van der Waals surface area contributed by atoms with Crippen molar-refractivity contribution in [3.05, 3.63) is 140 Å². The summed E-state index contributed by atoms with van der Waals surface area (Å²) in [6.07, 6.45) is 3.74. The third-order valence-electron chi connectivity index (χ3n) is 8.92. The van der Waals surface area contributed by atoms with E-state index in [0.29, 0.717) is 0 Å². The number of para-hydroxylation sites is 3. The minimum absolute atomic E-state index is 0.801. The van der Waals surface area contributed by atoms with Gasteiger partial charge in [0.15, 0.2) is 11.2 Å². The summed E-state index contributed by atoms with van der Waals surface area (Å²) in [5.41, 5.74) is 12.6. The zero-order valence-corrected chi connectivity index (χ0v) is 23.9. The van der Waals surface area contributed by atoms with Gasteiger partial charge in [-0.05, 0) is 83.9 Å². The number of furan rings is 2. The highest BCUT2D eigenvalue weighted by molar-refractivity contribution is 6.14. The molecule has 0 radical (unpaired) electrons. The SMILES string of the molecule is c1ccc(-n2c3ccc(-c4ccnc5c4oc4ccccc45)cc3c3cc(-c4ccnc5c4oc4ccccc45)ccc32)cc1. The summed E-state index contributed by atoms with van der Waals surface area (Å²) < 4.78 is 15.1. The average molecular weight is 578 g/mol. The van der Waals surface area contributed by atoms with Crippen molar-refractivity contribution >= 4 is 65.9 Å². The van der Waals surface area contributed by atoms with Crippen LogP contribution >= 0.6 is 0 Å². The number of nitrogens with zero attached hydrogens (tertiary/aromatic N) is 3. The first-order chi connectivity index (χ1) is 22.3. The Kier molecular flexibility index (Phi) is 4.93. The van der Waals surface area contributed by atoms with E-state index < -0.39 is 0 Å². The molecule has 5 aromatic carbocycles. The van der Waals surface area contributed by atoms with Crippen LogP contribution in [0.3, 0.4) is 0 Å². The molecular weight excluding hydrogens is 554 g/mol. The van der Waals surface area contributed by atoms with Crippen LogP contribution in [0.5, 0.6) is 0 Å². The van der Waals surface area contributed by atoms with Crippen LogP contribution in [-0.4, -0.2) is 14.5 Å². The van der Waals surface area contributed by atoms with Crippen LogP contribution in [0, 0.1) is 0 Å². The molecule has 0 atom stereocenters. The Morgan fingerprint density at radius 3 is 1.47 bits per heavy atom. The number of aromatic nitrogens is 3. The van der Waals surface area contributed by atoms with Gasteiger partial charge >= 0.3 is 0 Å². The molecule has 5 heterocycles. The molecule has 0 aliphatic carbocycles. The van der Waals surface area contributed by atoms with Crippen molar-refractivity contribution in [2.75, 3.05) is 0 Å². The lowest BCUT2D eigenvalue weighted by molar-refractivity contribution is 0.669. The van der Waals surface area contributed by atoms with Crippen LogP contribution in [0.4, 0.5) is 0 Å². The molecule has 5 aromatic heterocycles. The second-order valence-corrected chi connectivity index (χ2v) is 11.4. The van der Waals surface area contributed by atoms with Gasteiger partial charge in [-0.3, -0.25) is 9.97 Å². The van der Waals surface area contributed by atoms with Crippen LogP contribution in [0.1, 0.15) is 0 Å². The van der Waals surface area contributed by atoms with Crippen LogP contribution in [0.15, 0.2) is 149 Å². The molecule has 0 fully saturated rings. The van der Waals surface area contributed by atoms with Crippen molar-refractivity contribution < 1.29 is 8.83 Å². The summed E-state index contributed by atoms with van der Waals surface area (Å²) in [6, 6.07) is 44.2. The Hall–Kier alpha value is -6.20. The monoisotopic (exact) mass is 577 g/mol. The molecule has 45 heavy (non-hydrogen) atoms. The maximum atomic E-state index is 6.37. The lowest BCUT2D eigenvalue weighted by atomic mass is 10.00. The van der Waals surface area contributed by atoms with Crippen molar-refractivity contribution in [2.45, 2.75) is 0 Å². The molecule has 0 spiro atoms. The van der Waals surface area contributed by atoms with E-state index in [-0.39, 0.29) is 0 Å². The molecule has 0 N–H and O–H groups in total. The van der Waals surface area contributed by atoms with Gasteiger partial charge in [0.05, 0.1) is 11.0 Å². The van der Waals surface area contributed by atoms with Crippen molar-refractivity contribution in [1.29, 1.82) is 0 Å². The van der Waals surface area contributed by atoms with Crippen LogP contribution in [0.25, 0.3) is 93.9 Å². The van der Waals surface area contributed by atoms with Gasteiger partial charge < -0.3 is 13.4 Å². The largest absolute Gasteiger partial charge is 0.454 e. The summed E-state index contributed by atoms with van der Waals surface area (Å²) in [5, 5.41) is 4.36. The van der Waals surface area contributed by atoms with Gasteiger partial charge in [0, 0.05) is 50.8 Å². The Bertz CT molecular complexity index is 2600. The summed E-state index contributed by atoms with van der Waals surface area (Å²) in [4.78, 5) is 9.37. The average Bonchev–Trinajstić information content (AvgIpc) is 3.77. The summed E-state index contributed by atoms with van der Waals surface area (Å²) in [7, 11) is 0. The van der Waals surface area contributed by atoms with E-state index in [1.54, 1.807) is 0 Å². The number of hydrogen-bond donors (Lipinski definition) is 0. The van der Waals surface area contributed by atoms with Gasteiger partial charge in [-0.25, -0.2) is 0 Å². The molecule has 0 aliphatic heterocycles. The summed E-state index contributed by atoms with van der Waals surface area (Å²) >= 11 is 0. The van der Waals surface area contributed by atoms with E-state index in [2.05, 4.69) is 93.4 Å². The number of benzene rings is 5. The summed E-state index contributed by atoms with van der Waals surface area (Å²) in [6.45, 7) is 0. The third kappa shape index (κ3) is 3.49. The van der Waals surface area contributed by atoms with Gasteiger partial charge in [0.2, 0.25) is 0 Å². The van der Waals surface area contributed by atoms with Crippen molar-refractivity contribution in [2.24, 2.45) is 0 Å². The molecule has 0 amide bonds. The van der Waals surface area contributed by atoms with Crippen LogP contribution in [0.2, 0.25) is 0 Å². The zero-order chi connectivity index (χ0) is 29.5. The Labute approximate surface area is 256 Å². The Morgan fingerprint density at radius 2 is 0.933 bits per heavy atom. The van der Waals surface area contributed by atoms with Gasteiger partial charge in [0.1, 0.15) is 22.2 Å². The smallest absolute Gasteiger partial charge is 0.161 e. The highest BCUT2D eigenvalue weighted by Crippen LogP contribution is 2.41. The van der Waals surface area contributed by atoms with E-state index in [0.717, 1.165) is 93.9 Å². The molecule has 5 heteroatoms. The predicted octanol–water partition coefficient (Wildman–Crippen LogP) is 10.7. The molecule has 0 aliphatic rings. The Morgan fingerprint density at radius 1 is 0.444 bits per heavy atom. The second kappa shape index (κ2) is 9.15. The minimum atomic E-state index is 0.801. The van der Waals surface area contributed by atoms with Crippen LogP contribution < -0.4 is 0 Å². The van der Waals surface area contributed by atoms with E-state index in [1.807, 2.05) is 60.9 Å². The van der Waals surface area contributed by atoms with Crippen molar-refractivity contribution in [3.8, 4) is 27.9 Å². The first kappa shape index (κ1) is 24.3. The minimum Gasteiger partial charge on any atom is -0.454 e. The molecule has 5 nitrogen and oxygen atoms in total. The number of pyridine rings is 2. The first-order valence-electron chi connectivity index (χ1n) is 15.0. The number of fused-ring (bicyclic) bond motifs is 9. The fourth-order valence-electron chi connectivity index (χ4n) is 6.88. The lowest BCUT2D eigenvalue weighted by Gasteiger charge is -2.08. The maximum Gasteiger partial charge on any atom is 0.161 e. The van der Waals surface area contributed by atoms with E-state index in [9.17, 15) is 0 Å². The molecule has 0 unspecified atom stereocenters. The first-order valence-corrected chi connectivity index (χ1v) is 15.0. The second-order valence-electron chi connectivity index (χ2n) is 11.4. The van der Waals surface area contributed by atoms with E-state index >= 15 is 0 Å². The maximum absolute atomic E-state index is 6.37. The van der Waals surface area contributed by atoms with E-state index in [1.165, 1.54) is 0 Å². The van der Waals surface area contributed by atoms with E-state index in [4.69, 9.17) is 8.83 Å². The molecule has 10 aromatic rings. The topological polar surface area (TPSA) is 57.0 Å². The lowest BCUT2D eigenvalue weighted by Crippen LogP contribution is -1.93. The molecule has 210 valence electrons. The fraction of sp³-hybridized carbons (Fsp3) is 0. The zero-order valence-electron chi connectivity index (χ0n) is 23.9. The quantitative estimate of drug-likeness (QED) is 0.210. The summed E-state index contributed by atoms with van der Waals surface area (Å²) in [5.74, 6) is 0. The van der Waals surface area contributed by atoms with Crippen LogP contribution in [-0.2, 0) is 0 Å². The highest BCUT2D eigenvalue weighted by atomic mass is 16.3. The molecule has 0 saturated heterocycles. The van der Waals surface area contributed by atoms with Gasteiger partial charge in [-0.2, -0.15) is 0 Å². The number of hydrogen-bond acceptors (Lipinski definition) is 4. The van der Waals surface area contributed by atoms with Gasteiger partial charge in [0.25, 0.3) is 0 Å². The standard InChI is InChI=1S/C40H23N3O2/c1-2-8-26(9-3-1)43-33-16-14-24(27-18-20-41-37-29-10-4-6-12-35(29)44-39(27)37)22-31(33)32-23-25(15-17-34(32)43)28-19-21-42-38-30-11-5-7-13-36(30)45-40(28)38/h1-23H. The Balaban J connectivity index is 1.25. The normalized spacial score (nSPS) is 12.0. The van der Waals surface area contributed by atoms with Gasteiger partial charge in [-0.1, -0.05) is 54.6 Å². The van der Waals surface area contributed by atoms with Crippen molar-refractivity contribution in [3.63, 3.8) is 0 Å².